The predicted molar refractivity (Wildman–Crippen MR) is 73.9 cm³/mol. The van der Waals surface area contributed by atoms with Crippen molar-refractivity contribution in [3.8, 4) is 11.5 Å². The molecule has 1 aromatic rings. The summed E-state index contributed by atoms with van der Waals surface area (Å²) in [6.07, 6.45) is 1.41. The smallest absolute Gasteiger partial charge is 0.231 e. The molecular formula is C15H21NO4. The van der Waals surface area contributed by atoms with Gasteiger partial charge >= 0.3 is 0 Å². The normalized spacial score (nSPS) is 20.4. The Morgan fingerprint density at radius 2 is 1.95 bits per heavy atom. The van der Waals surface area contributed by atoms with E-state index in [1.165, 1.54) is 0 Å². The van der Waals surface area contributed by atoms with Crippen molar-refractivity contribution in [2.24, 2.45) is 0 Å². The van der Waals surface area contributed by atoms with E-state index in [1.54, 1.807) is 0 Å². The quantitative estimate of drug-likeness (QED) is 0.902. The lowest BCUT2D eigenvalue weighted by atomic mass is 9.94. The third-order valence-corrected chi connectivity index (χ3v) is 3.88. The molecule has 0 unspecified atom stereocenters. The third kappa shape index (κ3) is 3.06. The van der Waals surface area contributed by atoms with Crippen molar-refractivity contribution < 1.29 is 19.3 Å². The van der Waals surface area contributed by atoms with E-state index in [4.69, 9.17) is 14.2 Å². The molecule has 110 valence electrons. The molecule has 0 aliphatic carbocycles. The van der Waals surface area contributed by atoms with Gasteiger partial charge < -0.3 is 19.3 Å². The second-order valence-corrected chi connectivity index (χ2v) is 5.70. The van der Waals surface area contributed by atoms with Crippen LogP contribution in [-0.2, 0) is 11.3 Å². The van der Waals surface area contributed by atoms with Crippen LogP contribution in [0, 0.1) is 0 Å². The molecular weight excluding hydrogens is 258 g/mol. The first-order valence-electron chi connectivity index (χ1n) is 7.02. The van der Waals surface area contributed by atoms with Crippen LogP contribution < -0.4 is 9.47 Å². The summed E-state index contributed by atoms with van der Waals surface area (Å²) in [5.74, 6) is 1.61. The Kier molecular flexibility index (Phi) is 3.83. The van der Waals surface area contributed by atoms with Gasteiger partial charge in [0.25, 0.3) is 0 Å². The molecule has 0 bridgehead atoms. The lowest BCUT2D eigenvalue weighted by molar-refractivity contribution is -0.0777. The van der Waals surface area contributed by atoms with E-state index in [2.05, 4.69) is 4.90 Å². The number of benzene rings is 1. The van der Waals surface area contributed by atoms with Gasteiger partial charge in [-0.05, 0) is 24.7 Å². The fourth-order valence-electron chi connectivity index (χ4n) is 2.82. The SMILES string of the molecule is CN(Cc1ccc2c(c1)OCO2)CC1(O)CCOCC1. The molecule has 0 spiro atoms. The second-order valence-electron chi connectivity index (χ2n) is 5.70. The molecule has 2 aliphatic rings. The largest absolute Gasteiger partial charge is 0.454 e. The van der Waals surface area contributed by atoms with E-state index in [0.29, 0.717) is 39.4 Å². The van der Waals surface area contributed by atoms with Crippen LogP contribution in [0.15, 0.2) is 18.2 Å². The van der Waals surface area contributed by atoms with E-state index >= 15 is 0 Å². The highest BCUT2D eigenvalue weighted by Crippen LogP contribution is 2.33. The van der Waals surface area contributed by atoms with Crippen molar-refractivity contribution in [3.05, 3.63) is 23.8 Å². The van der Waals surface area contributed by atoms with Crippen molar-refractivity contribution in [1.29, 1.82) is 0 Å². The van der Waals surface area contributed by atoms with Gasteiger partial charge in [-0.15, -0.1) is 0 Å². The van der Waals surface area contributed by atoms with Gasteiger partial charge in [0.15, 0.2) is 11.5 Å². The number of aliphatic hydroxyl groups is 1. The maximum atomic E-state index is 10.5. The highest BCUT2D eigenvalue weighted by atomic mass is 16.7. The van der Waals surface area contributed by atoms with Gasteiger partial charge in [0.05, 0.1) is 5.60 Å². The number of nitrogens with zero attached hydrogens (tertiary/aromatic N) is 1. The molecule has 0 amide bonds. The lowest BCUT2D eigenvalue weighted by Gasteiger charge is -2.35. The van der Waals surface area contributed by atoms with Gasteiger partial charge in [-0.3, -0.25) is 4.90 Å². The van der Waals surface area contributed by atoms with E-state index in [1.807, 2.05) is 25.2 Å². The first-order valence-corrected chi connectivity index (χ1v) is 7.02. The molecule has 20 heavy (non-hydrogen) atoms. The summed E-state index contributed by atoms with van der Waals surface area (Å²) in [5, 5.41) is 10.5. The first kappa shape index (κ1) is 13.7. The van der Waals surface area contributed by atoms with E-state index in [9.17, 15) is 5.11 Å². The van der Waals surface area contributed by atoms with E-state index in [-0.39, 0.29) is 0 Å². The minimum Gasteiger partial charge on any atom is -0.454 e. The second kappa shape index (κ2) is 5.60. The summed E-state index contributed by atoms with van der Waals surface area (Å²) in [6, 6.07) is 5.99. The van der Waals surface area contributed by atoms with Gasteiger partial charge in [-0.1, -0.05) is 6.07 Å². The first-order chi connectivity index (χ1) is 9.65. The van der Waals surface area contributed by atoms with Crippen LogP contribution in [0.3, 0.4) is 0 Å². The molecule has 5 heteroatoms. The predicted octanol–water partition coefficient (Wildman–Crippen LogP) is 1.39. The molecule has 1 saturated heterocycles. The number of hydrogen-bond donors (Lipinski definition) is 1. The zero-order valence-electron chi connectivity index (χ0n) is 11.8. The zero-order valence-corrected chi connectivity index (χ0v) is 11.8. The van der Waals surface area contributed by atoms with Crippen LogP contribution in [0.25, 0.3) is 0 Å². The summed E-state index contributed by atoms with van der Waals surface area (Å²) in [4.78, 5) is 2.14. The summed E-state index contributed by atoms with van der Waals surface area (Å²) in [5.41, 5.74) is 0.538. The zero-order chi connectivity index (χ0) is 14.0. The topological polar surface area (TPSA) is 51.2 Å². The van der Waals surface area contributed by atoms with Gasteiger partial charge in [0, 0.05) is 39.1 Å². The molecule has 2 heterocycles. The minimum absolute atomic E-state index is 0.300. The van der Waals surface area contributed by atoms with Gasteiger partial charge in [-0.25, -0.2) is 0 Å². The van der Waals surface area contributed by atoms with Gasteiger partial charge in [-0.2, -0.15) is 0 Å². The molecule has 2 aliphatic heterocycles. The van der Waals surface area contributed by atoms with Crippen LogP contribution >= 0.6 is 0 Å². The molecule has 0 atom stereocenters. The molecule has 1 aromatic carbocycles. The minimum atomic E-state index is -0.622. The van der Waals surface area contributed by atoms with Crippen molar-refractivity contribution in [1.82, 2.24) is 4.90 Å². The van der Waals surface area contributed by atoms with E-state index in [0.717, 1.165) is 23.6 Å². The molecule has 5 nitrogen and oxygen atoms in total. The third-order valence-electron chi connectivity index (χ3n) is 3.88. The highest BCUT2D eigenvalue weighted by Gasteiger charge is 2.31. The number of likely N-dealkylation sites (N-methyl/N-ethyl adjacent to an activating group) is 1. The Hall–Kier alpha value is -1.30. The summed E-state index contributed by atoms with van der Waals surface area (Å²) in [7, 11) is 2.03. The van der Waals surface area contributed by atoms with Crippen LogP contribution in [0.2, 0.25) is 0 Å². The van der Waals surface area contributed by atoms with Crippen LogP contribution in [0.5, 0.6) is 11.5 Å². The highest BCUT2D eigenvalue weighted by molar-refractivity contribution is 5.44. The van der Waals surface area contributed by atoms with Crippen molar-refractivity contribution in [3.63, 3.8) is 0 Å². The Bertz CT molecular complexity index is 471. The summed E-state index contributed by atoms with van der Waals surface area (Å²) < 4.78 is 16.0. The summed E-state index contributed by atoms with van der Waals surface area (Å²) in [6.45, 7) is 3.03. The van der Waals surface area contributed by atoms with Crippen molar-refractivity contribution >= 4 is 0 Å². The molecule has 0 radical (unpaired) electrons. The Morgan fingerprint density at radius 3 is 2.75 bits per heavy atom. The Labute approximate surface area is 119 Å². The molecule has 1 N–H and O–H groups in total. The van der Waals surface area contributed by atoms with Crippen molar-refractivity contribution in [2.45, 2.75) is 25.0 Å². The molecule has 3 rings (SSSR count). The number of fused-ring (bicyclic) bond motifs is 1. The van der Waals surface area contributed by atoms with Gasteiger partial charge in [0.2, 0.25) is 6.79 Å². The van der Waals surface area contributed by atoms with E-state index < -0.39 is 5.60 Å². The average molecular weight is 279 g/mol. The molecule has 0 saturated carbocycles. The maximum Gasteiger partial charge on any atom is 0.231 e. The number of hydrogen-bond acceptors (Lipinski definition) is 5. The summed E-state index contributed by atoms with van der Waals surface area (Å²) >= 11 is 0. The van der Waals surface area contributed by atoms with Crippen LogP contribution in [-0.4, -0.2) is 49.2 Å². The van der Waals surface area contributed by atoms with Crippen LogP contribution in [0.4, 0.5) is 0 Å². The molecule has 1 fully saturated rings. The number of rotatable bonds is 4. The maximum absolute atomic E-state index is 10.5. The van der Waals surface area contributed by atoms with Gasteiger partial charge in [0.1, 0.15) is 0 Å². The Balaban J connectivity index is 1.59. The standard InChI is InChI=1S/C15H21NO4/c1-16(10-15(17)4-6-18-7-5-15)9-12-2-3-13-14(8-12)20-11-19-13/h2-3,8,17H,4-7,9-11H2,1H3. The fraction of sp³-hybridized carbons (Fsp3) is 0.600. The Morgan fingerprint density at radius 1 is 1.20 bits per heavy atom. The lowest BCUT2D eigenvalue weighted by Crippen LogP contribution is -2.45. The average Bonchev–Trinajstić information content (AvgIpc) is 2.86. The fourth-order valence-corrected chi connectivity index (χ4v) is 2.82. The number of ether oxygens (including phenoxy) is 3. The van der Waals surface area contributed by atoms with Crippen molar-refractivity contribution in [2.75, 3.05) is 33.6 Å². The monoisotopic (exact) mass is 279 g/mol. The molecule has 0 aromatic heterocycles. The van der Waals surface area contributed by atoms with Crippen LogP contribution in [0.1, 0.15) is 18.4 Å².